The first-order chi connectivity index (χ1) is 16.1. The number of nitrogens with one attached hydrogen (secondary N) is 2. The monoisotopic (exact) mass is 486 g/mol. The minimum Gasteiger partial charge on any atom is -0.480 e. The Morgan fingerprint density at radius 2 is 1.76 bits per heavy atom. The molecule has 1 heterocycles. The van der Waals surface area contributed by atoms with Gasteiger partial charge in [0.25, 0.3) is 0 Å². The highest BCUT2D eigenvalue weighted by Crippen LogP contribution is 2.19. The summed E-state index contributed by atoms with van der Waals surface area (Å²) in [6.07, 6.45) is 2.99. The first-order valence-electron chi connectivity index (χ1n) is 11.4. The van der Waals surface area contributed by atoms with Gasteiger partial charge >= 0.3 is 5.97 Å². The second-order valence-electron chi connectivity index (χ2n) is 8.17. The number of carbonyl (C=O) groups excluding carboxylic acids is 3. The molecular weight excluding hydrogens is 448 g/mol. The third-order valence-electron chi connectivity index (χ3n) is 5.50. The van der Waals surface area contributed by atoms with E-state index in [0.717, 1.165) is 0 Å². The molecule has 34 heavy (non-hydrogen) atoms. The molecular formula is C20H38N8O6. The number of aliphatic imine (C=N–C) groups is 1. The summed E-state index contributed by atoms with van der Waals surface area (Å²) in [4.78, 5) is 54.6. The molecule has 1 saturated heterocycles. The van der Waals surface area contributed by atoms with E-state index in [0.29, 0.717) is 45.1 Å². The Hall–Kier alpha value is -2.97. The number of hydrogen-bond donors (Lipinski definition) is 8. The van der Waals surface area contributed by atoms with E-state index in [9.17, 15) is 29.4 Å². The van der Waals surface area contributed by atoms with Crippen LogP contribution in [0.4, 0.5) is 0 Å². The quantitative estimate of drug-likeness (QED) is 0.0644. The molecule has 1 aliphatic rings. The van der Waals surface area contributed by atoms with E-state index in [1.54, 1.807) is 0 Å². The zero-order chi connectivity index (χ0) is 25.7. The van der Waals surface area contributed by atoms with Crippen molar-refractivity contribution < 1.29 is 29.4 Å². The average molecular weight is 487 g/mol. The van der Waals surface area contributed by atoms with Gasteiger partial charge in [-0.3, -0.25) is 19.4 Å². The number of aliphatic hydroxyl groups excluding tert-OH is 1. The maximum absolute atomic E-state index is 13.0. The van der Waals surface area contributed by atoms with Crippen molar-refractivity contribution >= 4 is 29.7 Å². The Morgan fingerprint density at radius 3 is 2.35 bits per heavy atom. The van der Waals surface area contributed by atoms with E-state index in [2.05, 4.69) is 15.6 Å². The molecule has 1 aliphatic heterocycles. The van der Waals surface area contributed by atoms with Crippen LogP contribution in [0.1, 0.15) is 44.9 Å². The fourth-order valence-corrected chi connectivity index (χ4v) is 3.64. The number of aliphatic hydroxyl groups is 1. The van der Waals surface area contributed by atoms with Crippen molar-refractivity contribution in [3.05, 3.63) is 0 Å². The van der Waals surface area contributed by atoms with Gasteiger partial charge in [-0.1, -0.05) is 6.42 Å². The zero-order valence-electron chi connectivity index (χ0n) is 19.3. The topological polar surface area (TPSA) is 252 Å². The molecule has 194 valence electrons. The van der Waals surface area contributed by atoms with E-state index in [-0.39, 0.29) is 25.5 Å². The van der Waals surface area contributed by atoms with Crippen LogP contribution < -0.4 is 33.6 Å². The third kappa shape index (κ3) is 9.49. The Bertz CT molecular complexity index is 730. The summed E-state index contributed by atoms with van der Waals surface area (Å²) in [5.41, 5.74) is 21.7. The fourth-order valence-electron chi connectivity index (χ4n) is 3.64. The highest BCUT2D eigenvalue weighted by Gasteiger charge is 2.38. The number of hydrogen-bond acceptors (Lipinski definition) is 8. The number of aliphatic carboxylic acids is 1. The standard InChI is InChI=1S/C20H38N8O6/c21-8-2-1-5-12(22)16(30)27-14(11-29)18(32)28-10-4-7-15(28)17(31)26-13(19(33)34)6-3-9-25-20(23)24/h12-15,29H,1-11,21-22H2,(H,26,31)(H,27,30)(H,33,34)(H4,23,24,25). The molecule has 4 unspecified atom stereocenters. The number of guanidine groups is 1. The largest absolute Gasteiger partial charge is 0.480 e. The van der Waals surface area contributed by atoms with Gasteiger partial charge in [0.1, 0.15) is 18.1 Å². The van der Waals surface area contributed by atoms with Crippen molar-refractivity contribution in [3.8, 4) is 0 Å². The number of carbonyl (C=O) groups is 4. The third-order valence-corrected chi connectivity index (χ3v) is 5.50. The molecule has 0 aromatic heterocycles. The molecule has 4 atom stereocenters. The molecule has 0 aliphatic carbocycles. The van der Waals surface area contributed by atoms with Crippen LogP contribution in [0, 0.1) is 0 Å². The van der Waals surface area contributed by atoms with Crippen molar-refractivity contribution in [1.82, 2.24) is 15.5 Å². The van der Waals surface area contributed by atoms with Crippen LogP contribution in [0.5, 0.6) is 0 Å². The number of nitrogens with two attached hydrogens (primary N) is 4. The van der Waals surface area contributed by atoms with Gasteiger partial charge in [-0.25, -0.2) is 4.79 Å². The van der Waals surface area contributed by atoms with E-state index < -0.39 is 54.5 Å². The lowest BCUT2D eigenvalue weighted by atomic mass is 10.1. The summed E-state index contributed by atoms with van der Waals surface area (Å²) in [5.74, 6) is -3.18. The van der Waals surface area contributed by atoms with Gasteiger partial charge in [0, 0.05) is 13.1 Å². The minimum atomic E-state index is -1.27. The minimum absolute atomic E-state index is 0.0931. The van der Waals surface area contributed by atoms with E-state index in [4.69, 9.17) is 22.9 Å². The number of likely N-dealkylation sites (tertiary alicyclic amines) is 1. The molecule has 1 fully saturated rings. The van der Waals surface area contributed by atoms with Crippen molar-refractivity contribution in [1.29, 1.82) is 0 Å². The number of carboxylic acids is 1. The van der Waals surface area contributed by atoms with Gasteiger partial charge in [0.2, 0.25) is 17.7 Å². The maximum Gasteiger partial charge on any atom is 0.326 e. The number of carboxylic acid groups (broad SMARTS) is 1. The van der Waals surface area contributed by atoms with Crippen LogP contribution in [0.2, 0.25) is 0 Å². The highest BCUT2D eigenvalue weighted by atomic mass is 16.4. The van der Waals surface area contributed by atoms with Gasteiger partial charge < -0.3 is 48.7 Å². The molecule has 0 bridgehead atoms. The number of unbranched alkanes of at least 4 members (excludes halogenated alkanes) is 1. The Balaban J connectivity index is 2.74. The Morgan fingerprint density at radius 1 is 1.06 bits per heavy atom. The smallest absolute Gasteiger partial charge is 0.326 e. The summed E-state index contributed by atoms with van der Waals surface area (Å²) in [6.45, 7) is 0.243. The van der Waals surface area contributed by atoms with Crippen molar-refractivity contribution in [3.63, 3.8) is 0 Å². The summed E-state index contributed by atoms with van der Waals surface area (Å²) < 4.78 is 0. The molecule has 0 aromatic rings. The van der Waals surface area contributed by atoms with Crippen LogP contribution in [-0.2, 0) is 19.2 Å². The van der Waals surface area contributed by atoms with E-state index in [1.165, 1.54) is 4.90 Å². The van der Waals surface area contributed by atoms with E-state index >= 15 is 0 Å². The van der Waals surface area contributed by atoms with Gasteiger partial charge in [-0.05, 0) is 45.1 Å². The molecule has 14 nitrogen and oxygen atoms in total. The normalized spacial score (nSPS) is 18.0. The zero-order valence-corrected chi connectivity index (χ0v) is 19.3. The highest BCUT2D eigenvalue weighted by molar-refractivity contribution is 5.94. The molecule has 3 amide bonds. The Kier molecular flexibility index (Phi) is 12.8. The fraction of sp³-hybridized carbons (Fsp3) is 0.750. The molecule has 0 aromatic carbocycles. The van der Waals surface area contributed by atoms with Crippen molar-refractivity contribution in [2.75, 3.05) is 26.2 Å². The summed E-state index contributed by atoms with van der Waals surface area (Å²) >= 11 is 0. The summed E-state index contributed by atoms with van der Waals surface area (Å²) in [5, 5.41) is 24.0. The van der Waals surface area contributed by atoms with Gasteiger partial charge in [0.05, 0.1) is 12.6 Å². The number of amides is 3. The van der Waals surface area contributed by atoms with Gasteiger partial charge in [-0.15, -0.1) is 0 Å². The summed E-state index contributed by atoms with van der Waals surface area (Å²) in [7, 11) is 0. The molecule has 14 heteroatoms. The van der Waals surface area contributed by atoms with Crippen molar-refractivity contribution in [2.24, 2.45) is 27.9 Å². The van der Waals surface area contributed by atoms with Crippen molar-refractivity contribution in [2.45, 2.75) is 69.1 Å². The number of rotatable bonds is 15. The predicted molar refractivity (Wildman–Crippen MR) is 124 cm³/mol. The number of nitrogens with zero attached hydrogens (tertiary/aromatic N) is 2. The van der Waals surface area contributed by atoms with Crippen LogP contribution in [0.25, 0.3) is 0 Å². The van der Waals surface area contributed by atoms with Crippen LogP contribution in [0.3, 0.4) is 0 Å². The molecule has 0 radical (unpaired) electrons. The van der Waals surface area contributed by atoms with Gasteiger partial charge in [0.15, 0.2) is 5.96 Å². The van der Waals surface area contributed by atoms with E-state index in [1.807, 2.05) is 0 Å². The average Bonchev–Trinajstić information content (AvgIpc) is 3.28. The molecule has 0 spiro atoms. The second kappa shape index (κ2) is 15.0. The second-order valence-corrected chi connectivity index (χ2v) is 8.17. The summed E-state index contributed by atoms with van der Waals surface area (Å²) in [6, 6.07) is -4.23. The lowest BCUT2D eigenvalue weighted by Crippen LogP contribution is -2.57. The first kappa shape index (κ1) is 29.1. The SMILES string of the molecule is NCCCCC(N)C(=O)NC(CO)C(=O)N1CCCC1C(=O)NC(CCCN=C(N)N)C(=O)O. The first-order valence-corrected chi connectivity index (χ1v) is 11.4. The maximum atomic E-state index is 13.0. The van der Waals surface area contributed by atoms with Gasteiger partial charge in [-0.2, -0.15) is 0 Å². The Labute approximate surface area is 198 Å². The lowest BCUT2D eigenvalue weighted by Gasteiger charge is -2.29. The molecule has 12 N–H and O–H groups in total. The van der Waals surface area contributed by atoms with Crippen LogP contribution in [-0.4, -0.2) is 95.2 Å². The molecule has 0 saturated carbocycles. The van der Waals surface area contributed by atoms with Crippen LogP contribution in [0.15, 0.2) is 4.99 Å². The van der Waals surface area contributed by atoms with Crippen LogP contribution >= 0.6 is 0 Å². The lowest BCUT2D eigenvalue weighted by molar-refractivity contribution is -0.145. The molecule has 1 rings (SSSR count). The predicted octanol–water partition coefficient (Wildman–Crippen LogP) is -3.47.